The van der Waals surface area contributed by atoms with E-state index in [1.165, 1.54) is 35.1 Å². The molecule has 0 radical (unpaired) electrons. The highest BCUT2D eigenvalue weighted by Gasteiger charge is 2.13. The van der Waals surface area contributed by atoms with E-state index in [-0.39, 0.29) is 6.10 Å². The molecule has 2 aromatic rings. The number of methoxy groups -OCH3 is 1. The number of hydrogen-bond acceptors (Lipinski definition) is 1. The van der Waals surface area contributed by atoms with Crippen LogP contribution in [0.1, 0.15) is 55.0 Å². The van der Waals surface area contributed by atoms with Gasteiger partial charge in [-0.05, 0) is 35.1 Å². The number of aryl methyl sites for hydroxylation is 2. The second kappa shape index (κ2) is 7.99. The summed E-state index contributed by atoms with van der Waals surface area (Å²) in [5, 5.41) is 0. The lowest BCUT2D eigenvalue weighted by atomic mass is 9.97. The fourth-order valence-corrected chi connectivity index (χ4v) is 2.76. The van der Waals surface area contributed by atoms with Crippen LogP contribution in [0.5, 0.6) is 0 Å². The van der Waals surface area contributed by atoms with Crippen LogP contribution in [-0.4, -0.2) is 7.11 Å². The van der Waals surface area contributed by atoms with Crippen LogP contribution in [0.4, 0.5) is 0 Å². The first-order valence-electron chi connectivity index (χ1n) is 7.99. The van der Waals surface area contributed by atoms with Crippen molar-refractivity contribution in [1.82, 2.24) is 0 Å². The summed E-state index contributed by atoms with van der Waals surface area (Å²) in [6.45, 7) is 4.42. The summed E-state index contributed by atoms with van der Waals surface area (Å²) in [6.07, 6.45) is 4.68. The summed E-state index contributed by atoms with van der Waals surface area (Å²) in [5.74, 6) is 0. The van der Waals surface area contributed by atoms with Crippen molar-refractivity contribution in [2.75, 3.05) is 7.11 Å². The smallest absolute Gasteiger partial charge is 0.107 e. The minimum atomic E-state index is 0.0244. The van der Waals surface area contributed by atoms with Gasteiger partial charge in [0.2, 0.25) is 0 Å². The van der Waals surface area contributed by atoms with Gasteiger partial charge in [-0.15, -0.1) is 0 Å². The first-order chi connectivity index (χ1) is 10.3. The van der Waals surface area contributed by atoms with Crippen molar-refractivity contribution in [1.29, 1.82) is 0 Å². The molecule has 2 rings (SSSR count). The molecular weight excluding hydrogens is 256 g/mol. The fourth-order valence-electron chi connectivity index (χ4n) is 2.76. The molecule has 112 valence electrons. The van der Waals surface area contributed by atoms with E-state index in [4.69, 9.17) is 4.74 Å². The minimum Gasteiger partial charge on any atom is -0.372 e. The van der Waals surface area contributed by atoms with Crippen molar-refractivity contribution in [3.8, 4) is 0 Å². The van der Waals surface area contributed by atoms with Crippen molar-refractivity contribution in [3.05, 3.63) is 70.8 Å². The predicted molar refractivity (Wildman–Crippen MR) is 89.7 cm³/mol. The van der Waals surface area contributed by atoms with E-state index in [2.05, 4.69) is 62.4 Å². The molecule has 0 heterocycles. The molecule has 1 nitrogen and oxygen atoms in total. The number of ether oxygens (including phenoxy) is 1. The van der Waals surface area contributed by atoms with Crippen molar-refractivity contribution in [3.63, 3.8) is 0 Å². The monoisotopic (exact) mass is 282 g/mol. The lowest BCUT2D eigenvalue weighted by Crippen LogP contribution is -2.04. The van der Waals surface area contributed by atoms with Crippen molar-refractivity contribution in [2.45, 2.75) is 45.6 Å². The lowest BCUT2D eigenvalue weighted by Gasteiger charge is -2.17. The van der Waals surface area contributed by atoms with Gasteiger partial charge in [-0.25, -0.2) is 0 Å². The van der Waals surface area contributed by atoms with Gasteiger partial charge in [-0.2, -0.15) is 0 Å². The molecule has 1 heteroatoms. The molecule has 0 aromatic heterocycles. The number of hydrogen-bond donors (Lipinski definition) is 0. The van der Waals surface area contributed by atoms with Gasteiger partial charge in [0.25, 0.3) is 0 Å². The maximum atomic E-state index is 5.72. The molecule has 0 N–H and O–H groups in total. The van der Waals surface area contributed by atoms with E-state index >= 15 is 0 Å². The Morgan fingerprint density at radius 1 is 0.714 bits per heavy atom. The molecule has 0 aliphatic carbocycles. The van der Waals surface area contributed by atoms with Crippen molar-refractivity contribution >= 4 is 0 Å². The third-order valence-electron chi connectivity index (χ3n) is 3.88. The van der Waals surface area contributed by atoms with Crippen LogP contribution in [0, 0.1) is 0 Å². The summed E-state index contributed by atoms with van der Waals surface area (Å²) in [7, 11) is 1.78. The standard InChI is InChI=1S/C20H26O/c1-4-6-16-8-12-18(13-9-16)20(21-3)19-14-10-17(7-5-2)11-15-19/h8-15,20H,4-7H2,1-3H3. The molecule has 0 amide bonds. The first-order valence-corrected chi connectivity index (χ1v) is 7.99. The normalized spacial score (nSPS) is 11.0. The molecule has 0 fully saturated rings. The second-order valence-corrected chi connectivity index (χ2v) is 5.60. The largest absolute Gasteiger partial charge is 0.372 e. The van der Waals surface area contributed by atoms with E-state index in [9.17, 15) is 0 Å². The number of rotatable bonds is 7. The van der Waals surface area contributed by atoms with Crippen LogP contribution in [0.3, 0.4) is 0 Å². The van der Waals surface area contributed by atoms with Gasteiger partial charge in [0.05, 0.1) is 0 Å². The molecule has 0 atom stereocenters. The van der Waals surface area contributed by atoms with Gasteiger partial charge in [0.1, 0.15) is 6.10 Å². The van der Waals surface area contributed by atoms with Crippen molar-refractivity contribution < 1.29 is 4.74 Å². The zero-order valence-corrected chi connectivity index (χ0v) is 13.4. The van der Waals surface area contributed by atoms with Crippen LogP contribution in [-0.2, 0) is 17.6 Å². The zero-order chi connectivity index (χ0) is 15.1. The van der Waals surface area contributed by atoms with E-state index in [1.54, 1.807) is 7.11 Å². The maximum absolute atomic E-state index is 5.72. The molecule has 2 aromatic carbocycles. The van der Waals surface area contributed by atoms with Crippen LogP contribution in [0.2, 0.25) is 0 Å². The fraction of sp³-hybridized carbons (Fsp3) is 0.400. The van der Waals surface area contributed by atoms with Gasteiger partial charge in [0.15, 0.2) is 0 Å². The summed E-state index contributed by atoms with van der Waals surface area (Å²) in [5.41, 5.74) is 5.24. The molecular formula is C20H26O. The quantitative estimate of drug-likeness (QED) is 0.667. The van der Waals surface area contributed by atoms with Crippen LogP contribution in [0.25, 0.3) is 0 Å². The predicted octanol–water partition coefficient (Wildman–Crippen LogP) is 5.33. The molecule has 0 spiro atoms. The van der Waals surface area contributed by atoms with Gasteiger partial charge in [-0.1, -0.05) is 75.2 Å². The van der Waals surface area contributed by atoms with Gasteiger partial charge in [0, 0.05) is 7.11 Å². The Bertz CT molecular complexity index is 475. The first kappa shape index (κ1) is 15.8. The summed E-state index contributed by atoms with van der Waals surface area (Å²) in [6, 6.07) is 17.6. The lowest BCUT2D eigenvalue weighted by molar-refractivity contribution is 0.136. The summed E-state index contributed by atoms with van der Waals surface area (Å²) < 4.78 is 5.72. The van der Waals surface area contributed by atoms with Gasteiger partial charge in [-0.3, -0.25) is 0 Å². The molecule has 0 bridgehead atoms. The van der Waals surface area contributed by atoms with Gasteiger partial charge < -0.3 is 4.74 Å². The highest BCUT2D eigenvalue weighted by atomic mass is 16.5. The molecule has 0 unspecified atom stereocenters. The van der Waals surface area contributed by atoms with E-state index in [0.29, 0.717) is 0 Å². The molecule has 0 aliphatic rings. The Hall–Kier alpha value is -1.60. The molecule has 0 aliphatic heterocycles. The molecule has 0 saturated heterocycles. The molecule has 0 saturated carbocycles. The molecule has 21 heavy (non-hydrogen) atoms. The van der Waals surface area contributed by atoms with Crippen LogP contribution < -0.4 is 0 Å². The highest BCUT2D eigenvalue weighted by molar-refractivity contribution is 5.34. The van der Waals surface area contributed by atoms with E-state index in [0.717, 1.165) is 12.8 Å². The summed E-state index contributed by atoms with van der Waals surface area (Å²) >= 11 is 0. The minimum absolute atomic E-state index is 0.0244. The third-order valence-corrected chi connectivity index (χ3v) is 3.88. The second-order valence-electron chi connectivity index (χ2n) is 5.60. The van der Waals surface area contributed by atoms with E-state index in [1.807, 2.05) is 0 Å². The Labute approximate surface area is 129 Å². The van der Waals surface area contributed by atoms with E-state index < -0.39 is 0 Å². The Morgan fingerprint density at radius 2 is 1.10 bits per heavy atom. The number of benzene rings is 2. The summed E-state index contributed by atoms with van der Waals surface area (Å²) in [4.78, 5) is 0. The highest BCUT2D eigenvalue weighted by Crippen LogP contribution is 2.26. The average Bonchev–Trinajstić information content (AvgIpc) is 2.52. The third kappa shape index (κ3) is 4.18. The average molecular weight is 282 g/mol. The Kier molecular flexibility index (Phi) is 6.01. The van der Waals surface area contributed by atoms with Crippen LogP contribution >= 0.6 is 0 Å². The van der Waals surface area contributed by atoms with Crippen LogP contribution in [0.15, 0.2) is 48.5 Å². The Morgan fingerprint density at radius 3 is 1.38 bits per heavy atom. The SMILES string of the molecule is CCCc1ccc(C(OC)c2ccc(CCC)cc2)cc1. The Balaban J connectivity index is 2.18. The van der Waals surface area contributed by atoms with Crippen molar-refractivity contribution in [2.24, 2.45) is 0 Å². The zero-order valence-electron chi connectivity index (χ0n) is 13.4. The maximum Gasteiger partial charge on any atom is 0.107 e. The van der Waals surface area contributed by atoms with Gasteiger partial charge >= 0.3 is 0 Å². The topological polar surface area (TPSA) is 9.23 Å².